The fraction of sp³-hybridized carbons (Fsp3) is 0. The Labute approximate surface area is 178 Å². The van der Waals surface area contributed by atoms with E-state index in [2.05, 4.69) is 36.9 Å². The fourth-order valence-electron chi connectivity index (χ4n) is 2.86. The Morgan fingerprint density at radius 2 is 1.39 bits per heavy atom. The number of hydrogen-bond acceptors (Lipinski definition) is 2. The lowest BCUT2D eigenvalue weighted by Gasteiger charge is -2.18. The lowest BCUT2D eigenvalue weighted by Crippen LogP contribution is -2.32. The third-order valence-electron chi connectivity index (χ3n) is 4.22. The van der Waals surface area contributed by atoms with Gasteiger partial charge < -0.3 is 0 Å². The molecular formula is C22H13Br2FN2O. The van der Waals surface area contributed by atoms with Gasteiger partial charge in [-0.1, -0.05) is 44.0 Å². The number of amides is 1. The summed E-state index contributed by atoms with van der Waals surface area (Å²) in [5.41, 5.74) is 2.54. The van der Waals surface area contributed by atoms with Crippen LogP contribution in [0, 0.1) is 5.82 Å². The number of carbonyl (C=O) groups excluding carboxylic acids is 1. The zero-order chi connectivity index (χ0) is 19.7. The number of amidine groups is 1. The van der Waals surface area contributed by atoms with Gasteiger partial charge in [-0.3, -0.25) is 9.69 Å². The van der Waals surface area contributed by atoms with Crippen LogP contribution < -0.4 is 4.90 Å². The molecule has 0 aromatic heterocycles. The Bertz CT molecular complexity index is 1090. The maximum atomic E-state index is 13.4. The fourth-order valence-corrected chi connectivity index (χ4v) is 3.38. The summed E-state index contributed by atoms with van der Waals surface area (Å²) < 4.78 is 15.2. The molecular weight excluding hydrogens is 487 g/mol. The number of aliphatic imine (C=N–C) groups is 1. The molecule has 0 bridgehead atoms. The van der Waals surface area contributed by atoms with Gasteiger partial charge in [-0.15, -0.1) is 0 Å². The smallest absolute Gasteiger partial charge is 0.266 e. The molecule has 0 atom stereocenters. The van der Waals surface area contributed by atoms with Crippen molar-refractivity contribution in [1.29, 1.82) is 0 Å². The van der Waals surface area contributed by atoms with Gasteiger partial charge in [0.25, 0.3) is 5.91 Å². The van der Waals surface area contributed by atoms with Crippen LogP contribution in [-0.2, 0) is 4.79 Å². The first kappa shape index (κ1) is 18.8. The molecule has 3 aromatic rings. The highest BCUT2D eigenvalue weighted by Gasteiger charge is 2.32. The molecule has 0 spiro atoms. The number of halogens is 3. The maximum absolute atomic E-state index is 13.4. The minimum Gasteiger partial charge on any atom is -0.266 e. The van der Waals surface area contributed by atoms with E-state index in [-0.39, 0.29) is 11.7 Å². The highest BCUT2D eigenvalue weighted by atomic mass is 79.9. The minimum atomic E-state index is -0.338. The van der Waals surface area contributed by atoms with Crippen LogP contribution in [0.5, 0.6) is 0 Å². The van der Waals surface area contributed by atoms with Crippen molar-refractivity contribution in [3.63, 3.8) is 0 Å². The first-order valence-corrected chi connectivity index (χ1v) is 10.0. The van der Waals surface area contributed by atoms with Crippen LogP contribution in [-0.4, -0.2) is 11.7 Å². The summed E-state index contributed by atoms with van der Waals surface area (Å²) in [5.74, 6) is -0.102. The lowest BCUT2D eigenvalue weighted by atomic mass is 10.1. The van der Waals surface area contributed by atoms with Crippen molar-refractivity contribution >= 4 is 55.4 Å². The predicted octanol–water partition coefficient (Wildman–Crippen LogP) is 6.19. The summed E-state index contributed by atoms with van der Waals surface area (Å²) >= 11 is 6.81. The van der Waals surface area contributed by atoms with Gasteiger partial charge in [-0.25, -0.2) is 9.38 Å². The molecule has 138 valence electrons. The van der Waals surface area contributed by atoms with Crippen molar-refractivity contribution in [2.75, 3.05) is 4.90 Å². The van der Waals surface area contributed by atoms with Gasteiger partial charge in [0.1, 0.15) is 17.3 Å². The largest absolute Gasteiger partial charge is 0.282 e. The lowest BCUT2D eigenvalue weighted by molar-refractivity contribution is -0.113. The molecule has 0 unspecified atom stereocenters. The molecule has 6 heteroatoms. The first-order chi connectivity index (χ1) is 13.5. The van der Waals surface area contributed by atoms with Crippen LogP contribution in [0.1, 0.15) is 11.1 Å². The Morgan fingerprint density at radius 3 is 2.00 bits per heavy atom. The Hall–Kier alpha value is -2.57. The molecule has 28 heavy (non-hydrogen) atoms. The highest BCUT2D eigenvalue weighted by Crippen LogP contribution is 2.29. The molecule has 0 aliphatic carbocycles. The van der Waals surface area contributed by atoms with Crippen molar-refractivity contribution in [3.05, 3.63) is 104 Å². The van der Waals surface area contributed by atoms with Crippen LogP contribution in [0.3, 0.4) is 0 Å². The number of anilines is 1. The van der Waals surface area contributed by atoms with Crippen LogP contribution in [0.25, 0.3) is 6.08 Å². The van der Waals surface area contributed by atoms with Crippen molar-refractivity contribution < 1.29 is 9.18 Å². The molecule has 3 aromatic carbocycles. The van der Waals surface area contributed by atoms with E-state index in [4.69, 9.17) is 0 Å². The highest BCUT2D eigenvalue weighted by molar-refractivity contribution is 9.10. The summed E-state index contributed by atoms with van der Waals surface area (Å²) in [6.07, 6.45) is 1.75. The zero-order valence-electron chi connectivity index (χ0n) is 14.4. The molecule has 0 radical (unpaired) electrons. The second-order valence-electron chi connectivity index (χ2n) is 6.14. The number of benzene rings is 3. The van der Waals surface area contributed by atoms with Gasteiger partial charge in [-0.2, -0.15) is 0 Å². The molecule has 0 N–H and O–H groups in total. The normalized spacial score (nSPS) is 15.2. The van der Waals surface area contributed by atoms with Gasteiger partial charge in [0, 0.05) is 14.5 Å². The molecule has 3 nitrogen and oxygen atoms in total. The van der Waals surface area contributed by atoms with Crippen molar-refractivity contribution in [2.45, 2.75) is 0 Å². The minimum absolute atomic E-state index is 0.232. The van der Waals surface area contributed by atoms with E-state index in [1.807, 2.05) is 48.5 Å². The summed E-state index contributed by atoms with van der Waals surface area (Å²) in [7, 11) is 0. The molecule has 0 saturated carbocycles. The second kappa shape index (κ2) is 7.81. The van der Waals surface area contributed by atoms with Gasteiger partial charge in [0.05, 0.1) is 5.69 Å². The third kappa shape index (κ3) is 3.84. The Balaban J connectivity index is 1.81. The molecule has 4 rings (SSSR count). The molecule has 0 saturated heterocycles. The van der Waals surface area contributed by atoms with Gasteiger partial charge in [0.2, 0.25) is 0 Å². The number of hydrogen-bond donors (Lipinski definition) is 0. The molecule has 0 fully saturated rings. The molecule has 1 aliphatic rings. The van der Waals surface area contributed by atoms with E-state index >= 15 is 0 Å². The van der Waals surface area contributed by atoms with E-state index in [9.17, 15) is 9.18 Å². The number of rotatable bonds is 3. The van der Waals surface area contributed by atoms with Crippen molar-refractivity contribution in [3.8, 4) is 0 Å². The van der Waals surface area contributed by atoms with Crippen LogP contribution in [0.4, 0.5) is 10.1 Å². The zero-order valence-corrected chi connectivity index (χ0v) is 17.6. The van der Waals surface area contributed by atoms with Crippen LogP contribution >= 0.6 is 31.9 Å². The maximum Gasteiger partial charge on any atom is 0.282 e. The summed E-state index contributed by atoms with van der Waals surface area (Å²) in [6, 6.07) is 21.0. The quantitative estimate of drug-likeness (QED) is 0.396. The van der Waals surface area contributed by atoms with E-state index in [0.29, 0.717) is 22.8 Å². The monoisotopic (exact) mass is 498 g/mol. The number of carbonyl (C=O) groups is 1. The summed E-state index contributed by atoms with van der Waals surface area (Å²) in [4.78, 5) is 19.3. The molecule has 1 aliphatic heterocycles. The predicted molar refractivity (Wildman–Crippen MR) is 117 cm³/mol. The van der Waals surface area contributed by atoms with Gasteiger partial charge >= 0.3 is 0 Å². The Kier molecular flexibility index (Phi) is 5.24. The third-order valence-corrected chi connectivity index (χ3v) is 5.28. The van der Waals surface area contributed by atoms with E-state index in [1.165, 1.54) is 12.1 Å². The van der Waals surface area contributed by atoms with E-state index < -0.39 is 0 Å². The van der Waals surface area contributed by atoms with Gasteiger partial charge in [0.15, 0.2) is 0 Å². The molecule has 1 heterocycles. The summed E-state index contributed by atoms with van der Waals surface area (Å²) in [6.45, 7) is 0. The average Bonchev–Trinajstić information content (AvgIpc) is 3.01. The van der Waals surface area contributed by atoms with E-state index in [1.54, 1.807) is 23.1 Å². The van der Waals surface area contributed by atoms with Gasteiger partial charge in [-0.05, 0) is 72.3 Å². The van der Waals surface area contributed by atoms with Crippen LogP contribution in [0.15, 0.2) is 92.4 Å². The topological polar surface area (TPSA) is 32.7 Å². The first-order valence-electron chi connectivity index (χ1n) is 8.43. The number of nitrogens with zero attached hydrogens (tertiary/aromatic N) is 2. The van der Waals surface area contributed by atoms with E-state index in [0.717, 1.165) is 14.5 Å². The summed E-state index contributed by atoms with van der Waals surface area (Å²) in [5, 5.41) is 0. The second-order valence-corrected chi connectivity index (χ2v) is 7.97. The van der Waals surface area contributed by atoms with Crippen LogP contribution in [0.2, 0.25) is 0 Å². The van der Waals surface area contributed by atoms with Crippen molar-refractivity contribution in [2.24, 2.45) is 4.99 Å². The average molecular weight is 500 g/mol. The van der Waals surface area contributed by atoms with Crippen molar-refractivity contribution in [1.82, 2.24) is 0 Å². The standard InChI is InChI=1S/C22H13Br2FN2O/c23-16-5-1-14(2-6-16)13-20-22(28)27(19-11-7-17(24)8-12-19)21(26-20)15-3-9-18(25)10-4-15/h1-13H/b20-13+. The Morgan fingerprint density at radius 1 is 0.821 bits per heavy atom. The molecule has 1 amide bonds. The SMILES string of the molecule is O=C1/C(=C\c2ccc(Br)cc2)N=C(c2ccc(F)cc2)N1c1ccc(Br)cc1.